The van der Waals surface area contributed by atoms with Crippen LogP contribution >= 0.6 is 0 Å². The van der Waals surface area contributed by atoms with Gasteiger partial charge in [-0.25, -0.2) is 0 Å². The highest BCUT2D eigenvalue weighted by molar-refractivity contribution is 6.03. The monoisotopic (exact) mass is 469 g/mol. The third-order valence-corrected chi connectivity index (χ3v) is 6.38. The van der Waals surface area contributed by atoms with Gasteiger partial charge in [0.2, 0.25) is 5.91 Å². The molecule has 0 radical (unpaired) electrons. The molecule has 5 rings (SSSR count). The van der Waals surface area contributed by atoms with Crippen LogP contribution in [0.1, 0.15) is 27.5 Å². The molecule has 7 nitrogen and oxygen atoms in total. The third kappa shape index (κ3) is 4.15. The van der Waals surface area contributed by atoms with Crippen molar-refractivity contribution >= 4 is 22.7 Å². The zero-order chi connectivity index (χ0) is 24.4. The number of para-hydroxylation sites is 1. The van der Waals surface area contributed by atoms with Crippen molar-refractivity contribution < 1.29 is 19.1 Å². The van der Waals surface area contributed by atoms with E-state index in [2.05, 4.69) is 10.3 Å². The number of rotatable bonds is 8. The number of methoxy groups -OCH3 is 2. The minimum Gasteiger partial charge on any atom is -0.497 e. The Morgan fingerprint density at radius 1 is 1.03 bits per heavy atom. The van der Waals surface area contributed by atoms with Crippen molar-refractivity contribution in [1.29, 1.82) is 0 Å². The first-order valence-corrected chi connectivity index (χ1v) is 11.5. The Bertz CT molecular complexity index is 1390. The molecule has 1 atom stereocenters. The van der Waals surface area contributed by atoms with Gasteiger partial charge >= 0.3 is 0 Å². The SMILES string of the molecule is COCCNC(=O)CN1C(=O)c2ccccc2[C@H]1c1c(-c2cccc(OC)c2)[nH]c2ccccc12. The number of nitrogens with zero attached hydrogens (tertiary/aromatic N) is 1. The van der Waals surface area contributed by atoms with E-state index in [1.807, 2.05) is 72.8 Å². The van der Waals surface area contributed by atoms with Gasteiger partial charge in [-0.15, -0.1) is 0 Å². The zero-order valence-corrected chi connectivity index (χ0v) is 19.7. The molecular weight excluding hydrogens is 442 g/mol. The van der Waals surface area contributed by atoms with Gasteiger partial charge in [-0.1, -0.05) is 48.5 Å². The molecule has 0 unspecified atom stereocenters. The molecule has 0 saturated carbocycles. The van der Waals surface area contributed by atoms with Crippen LogP contribution < -0.4 is 10.1 Å². The topological polar surface area (TPSA) is 83.7 Å². The van der Waals surface area contributed by atoms with Gasteiger partial charge in [-0.2, -0.15) is 0 Å². The molecule has 0 aliphatic carbocycles. The Labute approximate surface area is 203 Å². The van der Waals surface area contributed by atoms with Crippen LogP contribution in [0.4, 0.5) is 0 Å². The Morgan fingerprint density at radius 3 is 2.66 bits per heavy atom. The first-order valence-electron chi connectivity index (χ1n) is 11.5. The van der Waals surface area contributed by atoms with Crippen LogP contribution in [0.2, 0.25) is 0 Å². The molecule has 2 heterocycles. The van der Waals surface area contributed by atoms with E-state index < -0.39 is 6.04 Å². The second kappa shape index (κ2) is 9.64. The van der Waals surface area contributed by atoms with E-state index in [4.69, 9.17) is 9.47 Å². The van der Waals surface area contributed by atoms with Crippen LogP contribution in [-0.2, 0) is 9.53 Å². The molecule has 0 fully saturated rings. The predicted octanol–water partition coefficient (Wildman–Crippen LogP) is 4.15. The number of fused-ring (bicyclic) bond motifs is 2. The van der Waals surface area contributed by atoms with Crippen molar-refractivity contribution in [3.05, 3.63) is 89.5 Å². The minimum absolute atomic E-state index is 0.0566. The Kier molecular flexibility index (Phi) is 6.25. The molecule has 0 saturated heterocycles. The molecule has 7 heteroatoms. The number of aromatic nitrogens is 1. The summed E-state index contributed by atoms with van der Waals surface area (Å²) >= 11 is 0. The van der Waals surface area contributed by atoms with Crippen LogP contribution in [0.3, 0.4) is 0 Å². The van der Waals surface area contributed by atoms with Gasteiger partial charge in [0.1, 0.15) is 12.3 Å². The summed E-state index contributed by atoms with van der Waals surface area (Å²) in [6.45, 7) is 0.738. The maximum absolute atomic E-state index is 13.5. The molecule has 1 aliphatic rings. The summed E-state index contributed by atoms with van der Waals surface area (Å²) in [5.41, 5.74) is 5.25. The fraction of sp³-hybridized carbons (Fsp3) is 0.214. The number of benzene rings is 3. The number of nitrogens with one attached hydrogen (secondary N) is 2. The summed E-state index contributed by atoms with van der Waals surface area (Å²) in [6.07, 6.45) is 0. The molecule has 35 heavy (non-hydrogen) atoms. The van der Waals surface area contributed by atoms with Gasteiger partial charge in [-0.05, 0) is 29.8 Å². The predicted molar refractivity (Wildman–Crippen MR) is 134 cm³/mol. The van der Waals surface area contributed by atoms with E-state index in [1.54, 1.807) is 19.1 Å². The third-order valence-electron chi connectivity index (χ3n) is 6.38. The lowest BCUT2D eigenvalue weighted by molar-refractivity contribution is -0.122. The molecule has 3 aromatic carbocycles. The van der Waals surface area contributed by atoms with Gasteiger partial charge in [0.15, 0.2) is 0 Å². The summed E-state index contributed by atoms with van der Waals surface area (Å²) in [4.78, 5) is 31.6. The van der Waals surface area contributed by atoms with Crippen molar-refractivity contribution in [2.24, 2.45) is 0 Å². The van der Waals surface area contributed by atoms with Crippen LogP contribution in [0, 0.1) is 0 Å². The smallest absolute Gasteiger partial charge is 0.255 e. The van der Waals surface area contributed by atoms with Gasteiger partial charge in [0.25, 0.3) is 5.91 Å². The van der Waals surface area contributed by atoms with Gasteiger partial charge < -0.3 is 24.7 Å². The standard InChI is InChI=1S/C28H27N3O4/c1-34-15-14-29-24(32)17-31-27(20-10-3-4-11-21(20)28(31)33)25-22-12-5-6-13-23(22)30-26(25)18-8-7-9-19(16-18)35-2/h3-13,16,27,30H,14-15,17H2,1-2H3,(H,29,32)/t27-/m0/s1. The lowest BCUT2D eigenvalue weighted by atomic mass is 9.93. The quantitative estimate of drug-likeness (QED) is 0.380. The number of H-pyrrole nitrogens is 1. The molecule has 4 aromatic rings. The van der Waals surface area contributed by atoms with Crippen molar-refractivity contribution in [2.75, 3.05) is 33.9 Å². The number of carbonyl (C=O) groups excluding carboxylic acids is 2. The lowest BCUT2D eigenvalue weighted by Crippen LogP contribution is -2.40. The number of hydrogen-bond donors (Lipinski definition) is 2. The van der Waals surface area contributed by atoms with Crippen LogP contribution in [0.15, 0.2) is 72.8 Å². The van der Waals surface area contributed by atoms with E-state index in [9.17, 15) is 9.59 Å². The molecule has 1 aliphatic heterocycles. The molecule has 0 bridgehead atoms. The minimum atomic E-state index is -0.427. The van der Waals surface area contributed by atoms with Crippen molar-refractivity contribution in [3.63, 3.8) is 0 Å². The maximum Gasteiger partial charge on any atom is 0.255 e. The molecule has 2 amide bonds. The zero-order valence-electron chi connectivity index (χ0n) is 19.7. The maximum atomic E-state index is 13.5. The highest BCUT2D eigenvalue weighted by Crippen LogP contribution is 2.45. The lowest BCUT2D eigenvalue weighted by Gasteiger charge is -2.26. The van der Waals surface area contributed by atoms with Gasteiger partial charge in [0, 0.05) is 41.2 Å². The summed E-state index contributed by atoms with van der Waals surface area (Å²) in [5.74, 6) is 0.356. The van der Waals surface area contributed by atoms with Crippen LogP contribution in [0.25, 0.3) is 22.2 Å². The van der Waals surface area contributed by atoms with E-state index in [0.717, 1.165) is 39.0 Å². The second-order valence-electron chi connectivity index (χ2n) is 8.46. The molecular formula is C28H27N3O4. The first kappa shape index (κ1) is 22.7. The number of aromatic amines is 1. The largest absolute Gasteiger partial charge is 0.497 e. The summed E-state index contributed by atoms with van der Waals surface area (Å²) < 4.78 is 10.5. The average Bonchev–Trinajstić information content (AvgIpc) is 3.39. The molecule has 0 spiro atoms. The molecule has 2 N–H and O–H groups in total. The van der Waals surface area contributed by atoms with E-state index >= 15 is 0 Å². The van der Waals surface area contributed by atoms with Crippen LogP contribution in [0.5, 0.6) is 5.75 Å². The highest BCUT2D eigenvalue weighted by Gasteiger charge is 2.40. The Morgan fingerprint density at radius 2 is 1.83 bits per heavy atom. The highest BCUT2D eigenvalue weighted by atomic mass is 16.5. The fourth-order valence-electron chi connectivity index (χ4n) is 4.80. The Hall–Kier alpha value is -4.10. The number of amides is 2. The normalized spacial score (nSPS) is 14.9. The van der Waals surface area contributed by atoms with E-state index in [0.29, 0.717) is 18.7 Å². The second-order valence-corrected chi connectivity index (χ2v) is 8.46. The first-order chi connectivity index (χ1) is 17.1. The average molecular weight is 470 g/mol. The number of ether oxygens (including phenoxy) is 2. The van der Waals surface area contributed by atoms with Crippen molar-refractivity contribution in [1.82, 2.24) is 15.2 Å². The fourth-order valence-corrected chi connectivity index (χ4v) is 4.80. The van der Waals surface area contributed by atoms with E-state index in [1.165, 1.54) is 0 Å². The summed E-state index contributed by atoms with van der Waals surface area (Å²) in [5, 5.41) is 3.84. The Balaban J connectivity index is 1.67. The summed E-state index contributed by atoms with van der Waals surface area (Å²) in [6, 6.07) is 23.0. The van der Waals surface area contributed by atoms with Crippen LogP contribution in [-0.4, -0.2) is 55.6 Å². The summed E-state index contributed by atoms with van der Waals surface area (Å²) in [7, 11) is 3.22. The number of carbonyl (C=O) groups is 2. The number of hydrogen-bond acceptors (Lipinski definition) is 4. The molecule has 178 valence electrons. The van der Waals surface area contributed by atoms with E-state index in [-0.39, 0.29) is 18.4 Å². The van der Waals surface area contributed by atoms with Gasteiger partial charge in [-0.3, -0.25) is 9.59 Å². The van der Waals surface area contributed by atoms with Crippen molar-refractivity contribution in [3.8, 4) is 17.0 Å². The van der Waals surface area contributed by atoms with Gasteiger partial charge in [0.05, 0.1) is 25.5 Å². The molecule has 1 aromatic heterocycles. The van der Waals surface area contributed by atoms with Crippen molar-refractivity contribution in [2.45, 2.75) is 6.04 Å².